The Bertz CT molecular complexity index is 496. The summed E-state index contributed by atoms with van der Waals surface area (Å²) in [6.45, 7) is 3.49. The molecule has 2 heterocycles. The summed E-state index contributed by atoms with van der Waals surface area (Å²) in [6, 6.07) is -0.118. The molecule has 0 radical (unpaired) electrons. The quantitative estimate of drug-likeness (QED) is 0.694. The van der Waals surface area contributed by atoms with Crippen LogP contribution in [-0.4, -0.2) is 58.6 Å². The second kappa shape index (κ2) is 8.23. The largest absolute Gasteiger partial charge is 0.388 e. The number of piperidine rings is 1. The van der Waals surface area contributed by atoms with Gasteiger partial charge in [-0.15, -0.1) is 12.4 Å². The molecule has 0 aromatic rings. The van der Waals surface area contributed by atoms with Crippen LogP contribution < -0.4 is 10.6 Å². The van der Waals surface area contributed by atoms with Crippen molar-refractivity contribution in [3.63, 3.8) is 0 Å². The lowest BCUT2D eigenvalue weighted by Crippen LogP contribution is -2.73. The summed E-state index contributed by atoms with van der Waals surface area (Å²) in [4.78, 5) is 27.1. The van der Waals surface area contributed by atoms with Gasteiger partial charge in [0.25, 0.3) is 0 Å². The van der Waals surface area contributed by atoms with Gasteiger partial charge < -0.3 is 20.6 Å². The number of nitrogens with one attached hydrogen (secondary N) is 2. The molecule has 1 saturated carbocycles. The summed E-state index contributed by atoms with van der Waals surface area (Å²) in [5.74, 6) is -0.0246. The average molecular weight is 374 g/mol. The first kappa shape index (κ1) is 20.5. The van der Waals surface area contributed by atoms with Crippen LogP contribution in [0.1, 0.15) is 64.7 Å². The van der Waals surface area contributed by atoms with Crippen LogP contribution in [0.15, 0.2) is 0 Å². The minimum absolute atomic E-state index is 0. The Hall–Kier alpha value is -0.850. The van der Waals surface area contributed by atoms with Crippen molar-refractivity contribution in [1.82, 2.24) is 15.5 Å². The van der Waals surface area contributed by atoms with E-state index in [1.165, 1.54) is 6.42 Å². The first-order valence-corrected chi connectivity index (χ1v) is 9.56. The first-order chi connectivity index (χ1) is 11.5. The minimum atomic E-state index is -0.784. The van der Waals surface area contributed by atoms with Gasteiger partial charge in [-0.1, -0.05) is 32.6 Å². The lowest BCUT2D eigenvalue weighted by molar-refractivity contribution is -0.159. The second-order valence-corrected chi connectivity index (χ2v) is 7.74. The van der Waals surface area contributed by atoms with Crippen LogP contribution in [0.4, 0.5) is 0 Å². The summed E-state index contributed by atoms with van der Waals surface area (Å²) in [5.41, 5.74) is -1.53. The molecule has 2 amide bonds. The number of rotatable bonds is 4. The molecule has 25 heavy (non-hydrogen) atoms. The number of aliphatic hydroxyl groups is 1. The third kappa shape index (κ3) is 3.81. The van der Waals surface area contributed by atoms with Crippen molar-refractivity contribution in [3.8, 4) is 0 Å². The molecular formula is C18H32ClN3O3. The smallest absolute Gasteiger partial charge is 0.246 e. The topological polar surface area (TPSA) is 81.7 Å². The number of hydrogen-bond donors (Lipinski definition) is 3. The maximum absolute atomic E-state index is 12.8. The van der Waals surface area contributed by atoms with Crippen molar-refractivity contribution in [2.24, 2.45) is 0 Å². The van der Waals surface area contributed by atoms with Crippen molar-refractivity contribution in [2.75, 3.05) is 19.6 Å². The van der Waals surface area contributed by atoms with Crippen LogP contribution in [0, 0.1) is 0 Å². The molecule has 2 atom stereocenters. The Morgan fingerprint density at radius 2 is 1.92 bits per heavy atom. The molecule has 1 aliphatic carbocycles. The van der Waals surface area contributed by atoms with E-state index in [0.29, 0.717) is 25.9 Å². The molecule has 3 N–H and O–H groups in total. The first-order valence-electron chi connectivity index (χ1n) is 9.56. The molecule has 1 spiro atoms. The fourth-order valence-electron chi connectivity index (χ4n) is 4.74. The van der Waals surface area contributed by atoms with Gasteiger partial charge in [0.1, 0.15) is 5.54 Å². The maximum atomic E-state index is 12.8. The van der Waals surface area contributed by atoms with Gasteiger partial charge in [-0.2, -0.15) is 0 Å². The van der Waals surface area contributed by atoms with Gasteiger partial charge in [-0.25, -0.2) is 0 Å². The van der Waals surface area contributed by atoms with E-state index in [9.17, 15) is 14.7 Å². The van der Waals surface area contributed by atoms with E-state index in [4.69, 9.17) is 0 Å². The van der Waals surface area contributed by atoms with Gasteiger partial charge in [0, 0.05) is 12.6 Å². The highest BCUT2D eigenvalue weighted by Gasteiger charge is 2.54. The molecule has 144 valence electrons. The van der Waals surface area contributed by atoms with E-state index in [1.54, 1.807) is 0 Å². The van der Waals surface area contributed by atoms with Crippen LogP contribution in [0.25, 0.3) is 0 Å². The van der Waals surface area contributed by atoms with Crippen molar-refractivity contribution in [2.45, 2.75) is 81.9 Å². The van der Waals surface area contributed by atoms with Crippen LogP contribution in [0.3, 0.4) is 0 Å². The second-order valence-electron chi connectivity index (χ2n) is 7.74. The number of unbranched alkanes of at least 4 members (excludes halogenated alkanes) is 1. The van der Waals surface area contributed by atoms with E-state index in [2.05, 4.69) is 17.6 Å². The Labute approximate surface area is 156 Å². The van der Waals surface area contributed by atoms with Crippen LogP contribution >= 0.6 is 12.4 Å². The molecule has 3 rings (SSSR count). The lowest BCUT2D eigenvalue weighted by Gasteiger charge is -2.53. The summed E-state index contributed by atoms with van der Waals surface area (Å²) in [7, 11) is 0. The van der Waals surface area contributed by atoms with Crippen LogP contribution in [0.5, 0.6) is 0 Å². The highest BCUT2D eigenvalue weighted by Crippen LogP contribution is 2.39. The Morgan fingerprint density at radius 1 is 1.20 bits per heavy atom. The van der Waals surface area contributed by atoms with Crippen molar-refractivity contribution in [3.05, 3.63) is 0 Å². The van der Waals surface area contributed by atoms with E-state index in [-0.39, 0.29) is 36.8 Å². The molecule has 0 aromatic carbocycles. The van der Waals surface area contributed by atoms with Gasteiger partial charge in [-0.05, 0) is 38.6 Å². The zero-order valence-corrected chi connectivity index (χ0v) is 16.0. The number of piperazine rings is 1. The predicted molar refractivity (Wildman–Crippen MR) is 98.7 cm³/mol. The summed E-state index contributed by atoms with van der Waals surface area (Å²) < 4.78 is 0. The van der Waals surface area contributed by atoms with Crippen molar-refractivity contribution >= 4 is 24.2 Å². The standard InChI is InChI=1S/C18H31N3O3.ClH/c1-2-3-11-21-15(22)13-20-16(23)17(21)9-10-19-14(12-17)18(24)7-5-4-6-8-18;/h14,19,24H,2-13H2,1H3,(H,20,23);1H. The summed E-state index contributed by atoms with van der Waals surface area (Å²) >= 11 is 0. The average Bonchev–Trinajstić information content (AvgIpc) is 2.59. The number of amides is 2. The van der Waals surface area contributed by atoms with E-state index in [0.717, 1.165) is 38.5 Å². The normalized spacial score (nSPS) is 32.2. The van der Waals surface area contributed by atoms with E-state index >= 15 is 0 Å². The number of carbonyl (C=O) groups is 2. The van der Waals surface area contributed by atoms with Gasteiger partial charge in [0.05, 0.1) is 12.1 Å². The summed E-state index contributed by atoms with van der Waals surface area (Å²) in [5, 5.41) is 17.4. The highest BCUT2D eigenvalue weighted by molar-refractivity contribution is 5.98. The molecule has 2 aliphatic heterocycles. The third-order valence-corrected chi connectivity index (χ3v) is 6.21. The monoisotopic (exact) mass is 373 g/mol. The van der Waals surface area contributed by atoms with Gasteiger partial charge >= 0.3 is 0 Å². The SMILES string of the molecule is CCCCN1C(=O)CNC(=O)C12CCNC(C1(O)CCCCC1)C2.Cl. The Morgan fingerprint density at radius 3 is 2.60 bits per heavy atom. The van der Waals surface area contributed by atoms with Gasteiger partial charge in [0.2, 0.25) is 11.8 Å². The third-order valence-electron chi connectivity index (χ3n) is 6.21. The fraction of sp³-hybridized carbons (Fsp3) is 0.889. The highest BCUT2D eigenvalue weighted by atomic mass is 35.5. The zero-order chi connectivity index (χ0) is 17.2. The predicted octanol–water partition coefficient (Wildman–Crippen LogP) is 1.35. The van der Waals surface area contributed by atoms with E-state index < -0.39 is 11.1 Å². The lowest BCUT2D eigenvalue weighted by atomic mass is 9.70. The van der Waals surface area contributed by atoms with Crippen LogP contribution in [0.2, 0.25) is 0 Å². The number of halogens is 1. The number of hydrogen-bond acceptors (Lipinski definition) is 4. The molecule has 2 unspecified atom stereocenters. The molecule has 3 aliphatic rings. The maximum Gasteiger partial charge on any atom is 0.246 e. The fourth-order valence-corrected chi connectivity index (χ4v) is 4.74. The Kier molecular flexibility index (Phi) is 6.74. The molecule has 2 saturated heterocycles. The summed E-state index contributed by atoms with van der Waals surface area (Å²) in [6.07, 6.45) is 7.85. The van der Waals surface area contributed by atoms with Crippen LogP contribution in [-0.2, 0) is 9.59 Å². The molecular weight excluding hydrogens is 342 g/mol. The Balaban J connectivity index is 0.00000225. The number of nitrogens with zero attached hydrogens (tertiary/aromatic N) is 1. The molecule has 0 aromatic heterocycles. The molecule has 6 nitrogen and oxygen atoms in total. The van der Waals surface area contributed by atoms with Crippen molar-refractivity contribution < 1.29 is 14.7 Å². The number of carbonyl (C=O) groups excluding carboxylic acids is 2. The molecule has 3 fully saturated rings. The minimum Gasteiger partial charge on any atom is -0.388 e. The van der Waals surface area contributed by atoms with Gasteiger partial charge in [0.15, 0.2) is 0 Å². The van der Waals surface area contributed by atoms with E-state index in [1.807, 2.05) is 4.90 Å². The van der Waals surface area contributed by atoms with Crippen molar-refractivity contribution in [1.29, 1.82) is 0 Å². The van der Waals surface area contributed by atoms with Gasteiger partial charge in [-0.3, -0.25) is 9.59 Å². The zero-order valence-electron chi connectivity index (χ0n) is 15.2. The molecule has 7 heteroatoms. The molecule has 0 bridgehead atoms.